The number of carbonyl (C=O) groups is 1. The van der Waals surface area contributed by atoms with Crippen LogP contribution in [-0.4, -0.2) is 143 Å². The van der Waals surface area contributed by atoms with Gasteiger partial charge in [-0.25, -0.2) is 4.57 Å². The number of aliphatic carboxylic acids is 1. The number of carboxylic acid groups (broad SMARTS) is 1. The van der Waals surface area contributed by atoms with E-state index in [0.717, 1.165) is 0 Å². The van der Waals surface area contributed by atoms with E-state index in [-0.39, 0.29) is 82.2 Å². The van der Waals surface area contributed by atoms with Gasteiger partial charge in [-0.15, -0.1) is 0 Å². The Hall–Kier alpha value is 2.23. The molecule has 0 aromatic carbocycles. The van der Waals surface area contributed by atoms with E-state index < -0.39 is 45.1 Å². The van der Waals surface area contributed by atoms with E-state index in [1.165, 1.54) is 0 Å². The molecule has 0 amide bonds. The van der Waals surface area contributed by atoms with Crippen molar-refractivity contribution in [2.24, 2.45) is 0 Å². The molecule has 0 rings (SSSR count). The van der Waals surface area contributed by atoms with E-state index >= 15 is 0 Å². The van der Waals surface area contributed by atoms with Crippen LogP contribution >= 0.6 is 7.82 Å². The summed E-state index contributed by atoms with van der Waals surface area (Å²) < 4.78 is 14.1. The Labute approximate surface area is 169 Å². The molecule has 0 aliphatic heterocycles. The number of phosphoric ester groups is 1. The van der Waals surface area contributed by atoms with Gasteiger partial charge in [-0.2, -0.15) is 0 Å². The summed E-state index contributed by atoms with van der Waals surface area (Å²) in [5.74, 6) is -1.39. The van der Waals surface area contributed by atoms with Crippen LogP contribution < -0.4 is 0 Å². The van der Waals surface area contributed by atoms with Gasteiger partial charge >= 0.3 is 96.0 Å². The Kier molecular flexibility index (Phi) is 21.3. The van der Waals surface area contributed by atoms with Gasteiger partial charge in [-0.1, -0.05) is 0 Å². The van der Waals surface area contributed by atoms with Crippen molar-refractivity contribution in [2.75, 3.05) is 6.61 Å². The van der Waals surface area contributed by atoms with Crippen LogP contribution in [0.3, 0.4) is 0 Å². The third kappa shape index (κ3) is 16.4. The van der Waals surface area contributed by atoms with Gasteiger partial charge in [0.2, 0.25) is 0 Å². The molecule has 13 heteroatoms. The standard InChI is InChI=1S/C6H13O9P.Mg.2Na.4H/c7-3(1-5(9)10)6(11)4(8)2-15-16(12,13)14;;;;;;;/h3-4,6-8,11H,1-2H2,(H,9,10)(H2,12,13,14);;;;;;;/t3-,4-,6+;;;;;;;/m1......./s1. The number of aliphatic hydroxyl groups is 3. The van der Waals surface area contributed by atoms with E-state index in [9.17, 15) is 9.36 Å². The van der Waals surface area contributed by atoms with Gasteiger partial charge < -0.3 is 30.2 Å². The second-order valence-electron chi connectivity index (χ2n) is 3.01. The quantitative estimate of drug-likeness (QED) is 0.198. The number of rotatable bonds is 7. The van der Waals surface area contributed by atoms with Gasteiger partial charge in [-0.05, 0) is 0 Å². The zero-order chi connectivity index (χ0) is 12.9. The van der Waals surface area contributed by atoms with Crippen molar-refractivity contribution in [3.63, 3.8) is 0 Å². The Morgan fingerprint density at radius 2 is 1.53 bits per heavy atom. The van der Waals surface area contributed by atoms with Crippen LogP contribution in [0.25, 0.3) is 0 Å². The van der Waals surface area contributed by atoms with Gasteiger partial charge in [0.05, 0.1) is 19.1 Å². The SMILES string of the molecule is O=C(O)C[C@@H](O)[C@H](O)[C@H](O)COP(=O)(O)O.[MgH2].[NaH].[NaH]. The summed E-state index contributed by atoms with van der Waals surface area (Å²) in [4.78, 5) is 26.7. The zero-order valence-corrected chi connectivity index (χ0v) is 8.90. The van der Waals surface area contributed by atoms with E-state index in [1.54, 1.807) is 0 Å². The first-order valence-electron chi connectivity index (χ1n) is 4.09. The summed E-state index contributed by atoms with van der Waals surface area (Å²) in [6.45, 7) is -0.928. The molecule has 0 spiro atoms. The first-order chi connectivity index (χ1) is 7.13. The molecule has 0 aliphatic rings. The van der Waals surface area contributed by atoms with E-state index in [2.05, 4.69) is 4.52 Å². The Morgan fingerprint density at radius 3 is 1.84 bits per heavy atom. The van der Waals surface area contributed by atoms with Crippen LogP contribution in [0.4, 0.5) is 0 Å². The first kappa shape index (κ1) is 29.3. The van der Waals surface area contributed by atoms with Gasteiger partial charge in [0.1, 0.15) is 12.2 Å². The molecule has 0 saturated heterocycles. The van der Waals surface area contributed by atoms with Crippen molar-refractivity contribution in [3.8, 4) is 0 Å². The summed E-state index contributed by atoms with van der Waals surface area (Å²) in [6.07, 6.45) is -6.24. The maximum absolute atomic E-state index is 10.2. The van der Waals surface area contributed by atoms with Crippen LogP contribution in [0.15, 0.2) is 0 Å². The molecule has 0 fully saturated rings. The molecule has 0 aliphatic carbocycles. The van der Waals surface area contributed by atoms with Gasteiger partial charge in [0.15, 0.2) is 0 Å². The molecule has 0 saturated carbocycles. The molecule has 0 radical (unpaired) electrons. The summed E-state index contributed by atoms with van der Waals surface area (Å²) in [6, 6.07) is 0. The van der Waals surface area contributed by atoms with Crippen LogP contribution in [0.5, 0.6) is 0 Å². The third-order valence-corrected chi connectivity index (χ3v) is 2.07. The van der Waals surface area contributed by atoms with Gasteiger partial charge in [-0.3, -0.25) is 9.32 Å². The molecule has 0 unspecified atom stereocenters. The molecular formula is C6H17MgNa2O9P. The molecule has 0 aromatic heterocycles. The molecule has 19 heavy (non-hydrogen) atoms. The van der Waals surface area contributed by atoms with Crippen LogP contribution in [0.2, 0.25) is 0 Å². The number of phosphoric acid groups is 1. The van der Waals surface area contributed by atoms with Crippen molar-refractivity contribution in [1.29, 1.82) is 0 Å². The molecule has 0 bridgehead atoms. The zero-order valence-electron chi connectivity index (χ0n) is 8.00. The van der Waals surface area contributed by atoms with Crippen molar-refractivity contribution >= 4 is 96.0 Å². The molecule has 9 nitrogen and oxygen atoms in total. The van der Waals surface area contributed by atoms with E-state index in [4.69, 9.17) is 30.2 Å². The van der Waals surface area contributed by atoms with Gasteiger partial charge in [0, 0.05) is 0 Å². The summed E-state index contributed by atoms with van der Waals surface area (Å²) in [7, 11) is -4.79. The monoisotopic (exact) mass is 334 g/mol. The van der Waals surface area contributed by atoms with Crippen molar-refractivity contribution in [1.82, 2.24) is 0 Å². The Bertz CT molecular complexity index is 288. The van der Waals surface area contributed by atoms with Crippen LogP contribution in [0.1, 0.15) is 6.42 Å². The number of hydrogen-bond donors (Lipinski definition) is 6. The van der Waals surface area contributed by atoms with E-state index in [1.807, 2.05) is 0 Å². The average molecular weight is 334 g/mol. The van der Waals surface area contributed by atoms with Gasteiger partial charge in [0.25, 0.3) is 0 Å². The fraction of sp³-hybridized carbons (Fsp3) is 0.833. The Balaban J connectivity index is -0.000000375. The molecule has 104 valence electrons. The third-order valence-electron chi connectivity index (χ3n) is 1.59. The summed E-state index contributed by atoms with van der Waals surface area (Å²) in [5.41, 5.74) is 0. The number of carboxylic acids is 1. The first-order valence-corrected chi connectivity index (χ1v) is 5.62. The molecule has 3 atom stereocenters. The van der Waals surface area contributed by atoms with Crippen molar-refractivity contribution < 1.29 is 44.1 Å². The van der Waals surface area contributed by atoms with Crippen molar-refractivity contribution in [3.05, 3.63) is 0 Å². The normalized spacial score (nSPS) is 15.0. The molecule has 0 aromatic rings. The molecule has 0 heterocycles. The van der Waals surface area contributed by atoms with E-state index in [0.29, 0.717) is 0 Å². The fourth-order valence-electron chi connectivity index (χ4n) is 0.828. The Morgan fingerprint density at radius 1 is 1.11 bits per heavy atom. The minimum atomic E-state index is -4.79. The summed E-state index contributed by atoms with van der Waals surface area (Å²) >= 11 is 0. The second kappa shape index (κ2) is 13.9. The second-order valence-corrected chi connectivity index (χ2v) is 4.25. The minimum absolute atomic E-state index is 0. The molecule has 6 N–H and O–H groups in total. The summed E-state index contributed by atoms with van der Waals surface area (Å²) in [5, 5.41) is 35.5. The predicted molar refractivity (Wildman–Crippen MR) is 71.1 cm³/mol. The van der Waals surface area contributed by atoms with Crippen LogP contribution in [0, 0.1) is 0 Å². The topological polar surface area (TPSA) is 165 Å². The van der Waals surface area contributed by atoms with Crippen LogP contribution in [-0.2, 0) is 13.9 Å². The maximum atomic E-state index is 10.2. The average Bonchev–Trinajstić information content (AvgIpc) is 2.10. The molecular weight excluding hydrogens is 317 g/mol. The number of hydrogen-bond acceptors (Lipinski definition) is 6. The fourth-order valence-corrected chi connectivity index (χ4v) is 1.18. The predicted octanol–water partition coefficient (Wildman–Crippen LogP) is -4.56. The van der Waals surface area contributed by atoms with Crippen molar-refractivity contribution in [2.45, 2.75) is 24.7 Å². The number of aliphatic hydroxyl groups excluding tert-OH is 3.